The van der Waals surface area contributed by atoms with Crippen molar-refractivity contribution in [1.29, 1.82) is 0 Å². The van der Waals surface area contributed by atoms with Crippen LogP contribution in [0, 0.1) is 11.8 Å². The summed E-state index contributed by atoms with van der Waals surface area (Å²) in [4.78, 5) is 17.3. The van der Waals surface area contributed by atoms with Crippen molar-refractivity contribution in [3.8, 4) is 0 Å². The summed E-state index contributed by atoms with van der Waals surface area (Å²) in [5.41, 5.74) is 1.44. The molecule has 1 aliphatic carbocycles. The van der Waals surface area contributed by atoms with Crippen LogP contribution in [0.25, 0.3) is 0 Å². The Kier molecular flexibility index (Phi) is 3.76. The number of hydrogen-bond acceptors (Lipinski definition) is 3. The molecule has 2 atom stereocenters. The first kappa shape index (κ1) is 13.8. The smallest absolute Gasteiger partial charge is 0.225 e. The third-order valence-electron chi connectivity index (χ3n) is 5.35. The fourth-order valence-corrected chi connectivity index (χ4v) is 4.76. The van der Waals surface area contributed by atoms with Gasteiger partial charge in [-0.15, -0.1) is 0 Å². The molecule has 4 heteroatoms. The van der Waals surface area contributed by atoms with Crippen LogP contribution in [0.2, 0.25) is 0 Å². The maximum atomic E-state index is 12.5. The number of nitrogens with zero attached hydrogens (tertiary/aromatic N) is 2. The summed E-state index contributed by atoms with van der Waals surface area (Å²) >= 11 is 1.79. The summed E-state index contributed by atoms with van der Waals surface area (Å²) in [5, 5.41) is 4.43. The van der Waals surface area contributed by atoms with Gasteiger partial charge in [-0.05, 0) is 60.4 Å². The molecule has 21 heavy (non-hydrogen) atoms. The van der Waals surface area contributed by atoms with Gasteiger partial charge in [0.15, 0.2) is 0 Å². The third-order valence-corrected chi connectivity index (χ3v) is 6.08. The van der Waals surface area contributed by atoms with Crippen molar-refractivity contribution in [1.82, 2.24) is 9.80 Å². The lowest BCUT2D eigenvalue weighted by atomic mass is 9.83. The van der Waals surface area contributed by atoms with Gasteiger partial charge >= 0.3 is 0 Å². The average molecular weight is 304 g/mol. The zero-order valence-corrected chi connectivity index (χ0v) is 13.4. The average Bonchev–Trinajstić information content (AvgIpc) is 3.24. The molecule has 4 rings (SSSR count). The molecule has 2 aliphatic heterocycles. The fourth-order valence-electron chi connectivity index (χ4n) is 4.10. The Balaban J connectivity index is 1.40. The predicted molar refractivity (Wildman–Crippen MR) is 85.2 cm³/mol. The van der Waals surface area contributed by atoms with E-state index in [9.17, 15) is 4.79 Å². The molecule has 3 aliphatic rings. The van der Waals surface area contributed by atoms with Crippen molar-refractivity contribution in [2.24, 2.45) is 11.8 Å². The number of carbonyl (C=O) groups is 1. The van der Waals surface area contributed by atoms with Crippen LogP contribution in [0.15, 0.2) is 16.8 Å². The highest BCUT2D eigenvalue weighted by Gasteiger charge is 2.42. The first-order valence-electron chi connectivity index (χ1n) is 8.35. The molecule has 0 aromatic carbocycles. The standard InChI is InChI=1S/C17H24N2OS/c20-17(14-3-4-14)19-7-1-2-15-11-18(8-5-16(15)19)10-13-6-9-21-12-13/h6,9,12,14-16H,1-5,7-8,10-11H2/t15-,16-/m1/s1. The summed E-state index contributed by atoms with van der Waals surface area (Å²) < 4.78 is 0. The number of amides is 1. The second-order valence-corrected chi connectivity index (χ2v) is 7.71. The summed E-state index contributed by atoms with van der Waals surface area (Å²) in [6.07, 6.45) is 5.95. The van der Waals surface area contributed by atoms with Crippen LogP contribution in [-0.2, 0) is 11.3 Å². The molecule has 0 unspecified atom stereocenters. The molecule has 1 aromatic rings. The van der Waals surface area contributed by atoms with E-state index in [0.29, 0.717) is 23.8 Å². The van der Waals surface area contributed by atoms with E-state index in [0.717, 1.165) is 32.5 Å². The minimum absolute atomic E-state index is 0.382. The fraction of sp³-hybridized carbons (Fsp3) is 0.706. The van der Waals surface area contributed by atoms with Crippen LogP contribution in [0.4, 0.5) is 0 Å². The lowest BCUT2D eigenvalue weighted by Gasteiger charge is -2.47. The lowest BCUT2D eigenvalue weighted by molar-refractivity contribution is -0.139. The van der Waals surface area contributed by atoms with E-state index >= 15 is 0 Å². The number of fused-ring (bicyclic) bond motifs is 1. The zero-order chi connectivity index (χ0) is 14.2. The number of rotatable bonds is 3. The molecular weight excluding hydrogens is 280 g/mol. The molecular formula is C17H24N2OS. The van der Waals surface area contributed by atoms with Crippen LogP contribution < -0.4 is 0 Å². The second-order valence-electron chi connectivity index (χ2n) is 6.93. The molecule has 0 N–H and O–H groups in total. The second kappa shape index (κ2) is 5.73. The first-order valence-corrected chi connectivity index (χ1v) is 9.29. The van der Waals surface area contributed by atoms with E-state index in [2.05, 4.69) is 26.6 Å². The maximum absolute atomic E-state index is 12.5. The van der Waals surface area contributed by atoms with Gasteiger partial charge in [0.05, 0.1) is 0 Å². The van der Waals surface area contributed by atoms with Crippen molar-refractivity contribution in [2.45, 2.75) is 44.7 Å². The van der Waals surface area contributed by atoms with Crippen LogP contribution in [0.1, 0.15) is 37.7 Å². The SMILES string of the molecule is O=C(C1CC1)N1CCC[C@@H]2CN(Cc3ccsc3)CC[C@H]21. The van der Waals surface area contributed by atoms with Crippen molar-refractivity contribution < 1.29 is 4.79 Å². The summed E-state index contributed by atoms with van der Waals surface area (Å²) in [6.45, 7) is 4.42. The van der Waals surface area contributed by atoms with Crippen molar-refractivity contribution in [3.63, 3.8) is 0 Å². The molecule has 0 spiro atoms. The number of piperidine rings is 2. The summed E-state index contributed by atoms with van der Waals surface area (Å²) in [7, 11) is 0. The highest BCUT2D eigenvalue weighted by Crippen LogP contribution is 2.37. The molecule has 1 aromatic heterocycles. The molecule has 3 fully saturated rings. The Hall–Kier alpha value is -0.870. The maximum Gasteiger partial charge on any atom is 0.225 e. The Labute approximate surface area is 130 Å². The minimum atomic E-state index is 0.382. The summed E-state index contributed by atoms with van der Waals surface area (Å²) in [6, 6.07) is 2.77. The number of carbonyl (C=O) groups excluding carboxylic acids is 1. The lowest BCUT2D eigenvalue weighted by Crippen LogP contribution is -2.55. The largest absolute Gasteiger partial charge is 0.339 e. The van der Waals surface area contributed by atoms with Crippen LogP contribution in [-0.4, -0.2) is 41.4 Å². The number of hydrogen-bond donors (Lipinski definition) is 0. The van der Waals surface area contributed by atoms with Gasteiger partial charge in [-0.2, -0.15) is 11.3 Å². The molecule has 114 valence electrons. The molecule has 2 saturated heterocycles. The highest BCUT2D eigenvalue weighted by atomic mass is 32.1. The van der Waals surface area contributed by atoms with E-state index < -0.39 is 0 Å². The van der Waals surface area contributed by atoms with Gasteiger partial charge in [-0.1, -0.05) is 0 Å². The van der Waals surface area contributed by atoms with Gasteiger partial charge < -0.3 is 4.90 Å². The minimum Gasteiger partial charge on any atom is -0.339 e. The van der Waals surface area contributed by atoms with Gasteiger partial charge in [-0.25, -0.2) is 0 Å². The molecule has 1 amide bonds. The molecule has 3 nitrogen and oxygen atoms in total. The molecule has 0 radical (unpaired) electrons. The van der Waals surface area contributed by atoms with Crippen LogP contribution in [0.5, 0.6) is 0 Å². The molecule has 0 bridgehead atoms. The van der Waals surface area contributed by atoms with Gasteiger partial charge in [0.2, 0.25) is 5.91 Å². The topological polar surface area (TPSA) is 23.6 Å². The number of thiophene rings is 1. The summed E-state index contributed by atoms with van der Waals surface area (Å²) in [5.74, 6) is 1.55. The van der Waals surface area contributed by atoms with Gasteiger partial charge in [0, 0.05) is 38.1 Å². The van der Waals surface area contributed by atoms with E-state index in [4.69, 9.17) is 0 Å². The Morgan fingerprint density at radius 1 is 1.24 bits per heavy atom. The Morgan fingerprint density at radius 3 is 2.90 bits per heavy atom. The Bertz CT molecular complexity index is 497. The number of likely N-dealkylation sites (tertiary alicyclic amines) is 2. The molecule has 3 heterocycles. The zero-order valence-electron chi connectivity index (χ0n) is 12.5. The van der Waals surface area contributed by atoms with Gasteiger partial charge in [0.25, 0.3) is 0 Å². The Morgan fingerprint density at radius 2 is 2.14 bits per heavy atom. The van der Waals surface area contributed by atoms with E-state index in [1.54, 1.807) is 11.3 Å². The van der Waals surface area contributed by atoms with E-state index in [-0.39, 0.29) is 0 Å². The quantitative estimate of drug-likeness (QED) is 0.857. The highest BCUT2D eigenvalue weighted by molar-refractivity contribution is 7.07. The van der Waals surface area contributed by atoms with Crippen molar-refractivity contribution in [2.75, 3.05) is 19.6 Å². The van der Waals surface area contributed by atoms with Crippen molar-refractivity contribution in [3.05, 3.63) is 22.4 Å². The van der Waals surface area contributed by atoms with Crippen LogP contribution >= 0.6 is 11.3 Å². The van der Waals surface area contributed by atoms with E-state index in [1.807, 2.05) is 0 Å². The predicted octanol–water partition coefficient (Wildman–Crippen LogP) is 2.97. The monoisotopic (exact) mass is 304 g/mol. The van der Waals surface area contributed by atoms with Crippen LogP contribution in [0.3, 0.4) is 0 Å². The third kappa shape index (κ3) is 2.88. The van der Waals surface area contributed by atoms with E-state index in [1.165, 1.54) is 31.4 Å². The van der Waals surface area contributed by atoms with Crippen molar-refractivity contribution >= 4 is 17.2 Å². The first-order chi connectivity index (χ1) is 10.3. The molecule has 1 saturated carbocycles. The van der Waals surface area contributed by atoms with Gasteiger partial charge in [0.1, 0.15) is 0 Å². The normalized spacial score (nSPS) is 30.2. The van der Waals surface area contributed by atoms with Gasteiger partial charge in [-0.3, -0.25) is 9.69 Å².